The predicted molar refractivity (Wildman–Crippen MR) is 170 cm³/mol. The van der Waals surface area contributed by atoms with Crippen LogP contribution in [0.25, 0.3) is 22.4 Å². The first kappa shape index (κ1) is 36.4. The zero-order valence-corrected chi connectivity index (χ0v) is 27.5. The number of halogens is 8. The number of ketones is 1. The summed E-state index contributed by atoms with van der Waals surface area (Å²) < 4.78 is 127. The normalized spacial score (nSPS) is 15.3. The summed E-state index contributed by atoms with van der Waals surface area (Å²) in [4.78, 5) is 26.9. The van der Waals surface area contributed by atoms with Gasteiger partial charge in [-0.15, -0.1) is 0 Å². The maximum absolute atomic E-state index is 15.1. The first-order valence-electron chi connectivity index (χ1n) is 15.8. The summed E-state index contributed by atoms with van der Waals surface area (Å²) in [5.74, 6) is -11.3. The van der Waals surface area contributed by atoms with Gasteiger partial charge in [0.25, 0.3) is 18.3 Å². The third-order valence-electron chi connectivity index (χ3n) is 8.66. The lowest BCUT2D eigenvalue weighted by molar-refractivity contribution is -0.121. The van der Waals surface area contributed by atoms with Crippen LogP contribution in [0.1, 0.15) is 59.8 Å². The van der Waals surface area contributed by atoms with Crippen molar-refractivity contribution in [1.29, 1.82) is 0 Å². The van der Waals surface area contributed by atoms with Crippen LogP contribution in [0.5, 0.6) is 11.8 Å². The molecule has 0 saturated heterocycles. The summed E-state index contributed by atoms with van der Waals surface area (Å²) in [5.41, 5.74) is -2.39. The van der Waals surface area contributed by atoms with E-state index in [0.717, 1.165) is 12.1 Å². The molecule has 0 fully saturated rings. The van der Waals surface area contributed by atoms with Gasteiger partial charge in [0, 0.05) is 66.9 Å². The number of pyridine rings is 3. The number of hydrogen-bond donors (Lipinski definition) is 0. The van der Waals surface area contributed by atoms with E-state index in [4.69, 9.17) is 14.5 Å². The molecule has 6 rings (SSSR count). The van der Waals surface area contributed by atoms with E-state index < -0.39 is 84.4 Å². The summed E-state index contributed by atoms with van der Waals surface area (Å²) in [6.45, 7) is -1.08. The number of carbonyl (C=O) groups is 1. The second-order valence-electron chi connectivity index (χ2n) is 12.2. The van der Waals surface area contributed by atoms with E-state index in [1.807, 2.05) is 0 Å². The highest BCUT2D eigenvalue weighted by molar-refractivity contribution is 5.80. The van der Waals surface area contributed by atoms with Crippen molar-refractivity contribution >= 4 is 5.78 Å². The van der Waals surface area contributed by atoms with Crippen LogP contribution in [-0.4, -0.2) is 44.7 Å². The molecule has 4 aromatic heterocycles. The number of benzene rings is 1. The van der Waals surface area contributed by atoms with Crippen molar-refractivity contribution in [2.45, 2.75) is 56.4 Å². The number of hydrogen-bond acceptors (Lipinski definition) is 7. The van der Waals surface area contributed by atoms with Crippen molar-refractivity contribution in [3.05, 3.63) is 107 Å². The van der Waals surface area contributed by atoms with Crippen LogP contribution in [-0.2, 0) is 29.6 Å². The third kappa shape index (κ3) is 7.46. The molecule has 8 nitrogen and oxygen atoms in total. The zero-order valence-electron chi connectivity index (χ0n) is 27.5. The summed E-state index contributed by atoms with van der Waals surface area (Å²) in [7, 11) is 2.82. The van der Waals surface area contributed by atoms with Crippen molar-refractivity contribution < 1.29 is 49.4 Å². The molecule has 0 unspecified atom stereocenters. The highest BCUT2D eigenvalue weighted by Gasteiger charge is 2.55. The van der Waals surface area contributed by atoms with Gasteiger partial charge in [-0.1, -0.05) is 6.07 Å². The minimum Gasteiger partial charge on any atom is -0.481 e. The Morgan fingerprint density at radius 2 is 1.44 bits per heavy atom. The van der Waals surface area contributed by atoms with Gasteiger partial charge in [0.1, 0.15) is 29.6 Å². The van der Waals surface area contributed by atoms with Crippen molar-refractivity contribution in [1.82, 2.24) is 24.7 Å². The maximum atomic E-state index is 15.1. The molecule has 0 spiro atoms. The first-order chi connectivity index (χ1) is 24.7. The molecule has 1 atom stereocenters. The predicted octanol–water partition coefficient (Wildman–Crippen LogP) is 8.60. The average molecular weight is 732 g/mol. The van der Waals surface area contributed by atoms with Crippen molar-refractivity contribution in [2.75, 3.05) is 14.2 Å². The zero-order chi connectivity index (χ0) is 37.4. The topological polar surface area (TPSA) is 92.0 Å². The number of carbonyl (C=O) groups excluding carboxylic acids is 1. The quantitative estimate of drug-likeness (QED) is 0.119. The van der Waals surface area contributed by atoms with Gasteiger partial charge >= 0.3 is 0 Å². The van der Waals surface area contributed by atoms with Crippen LogP contribution in [0.15, 0.2) is 67.0 Å². The van der Waals surface area contributed by atoms with Crippen LogP contribution in [0.2, 0.25) is 0 Å². The van der Waals surface area contributed by atoms with E-state index in [2.05, 4.69) is 15.1 Å². The Kier molecular flexibility index (Phi) is 10.0. The number of aromatic nitrogens is 5. The van der Waals surface area contributed by atoms with Crippen molar-refractivity contribution in [2.24, 2.45) is 0 Å². The third-order valence-corrected chi connectivity index (χ3v) is 8.66. The van der Waals surface area contributed by atoms with E-state index in [1.54, 1.807) is 36.4 Å². The molecule has 0 radical (unpaired) electrons. The average Bonchev–Trinajstić information content (AvgIpc) is 3.51. The second-order valence-corrected chi connectivity index (χ2v) is 12.2. The number of alkyl halides is 6. The van der Waals surface area contributed by atoms with E-state index in [9.17, 15) is 31.1 Å². The largest absolute Gasteiger partial charge is 0.481 e. The Morgan fingerprint density at radius 1 is 0.827 bits per heavy atom. The van der Waals surface area contributed by atoms with Gasteiger partial charge < -0.3 is 9.47 Å². The maximum Gasteiger partial charge on any atom is 0.290 e. The molecular formula is C36H29F8N5O3. The van der Waals surface area contributed by atoms with E-state index in [1.165, 1.54) is 26.6 Å². The van der Waals surface area contributed by atoms with E-state index >= 15 is 8.78 Å². The monoisotopic (exact) mass is 731 g/mol. The Hall–Kier alpha value is -5.41. The number of Topliss-reactive ketones (excluding diaryl/α,β-unsaturated/α-hetero) is 1. The molecule has 272 valence electrons. The molecule has 1 aromatic carbocycles. The minimum absolute atomic E-state index is 0.106. The second kappa shape index (κ2) is 14.3. The molecule has 0 bridgehead atoms. The summed E-state index contributed by atoms with van der Waals surface area (Å²) in [6, 6.07) is 12.6. The lowest BCUT2D eigenvalue weighted by Gasteiger charge is -2.29. The van der Waals surface area contributed by atoms with Gasteiger partial charge in [-0.3, -0.25) is 14.5 Å². The molecule has 0 saturated carbocycles. The lowest BCUT2D eigenvalue weighted by Crippen LogP contribution is -2.33. The minimum atomic E-state index is -4.03. The molecule has 16 heteroatoms. The standard InChI is InChI=1S/C36H29F8N5O3/c1-51-28-15-20(5-9-45-28)26-3-4-27(21-6-10-46-29(16-21)52-2)47-31(26)22(11-19-12-23(37)17-24(38)13-19)14-25(50)18-49-33-30(32(48-49)34(39)40)35(41,42)7-8-36(33,43)44/h3-6,9-10,12-13,15-17,22,34H,7-8,11,14,18H2,1-2H3/t22-/m1/s1. The van der Waals surface area contributed by atoms with Gasteiger partial charge in [0.05, 0.1) is 31.2 Å². The number of ether oxygens (including phenoxy) is 2. The molecular weight excluding hydrogens is 702 g/mol. The smallest absolute Gasteiger partial charge is 0.290 e. The van der Waals surface area contributed by atoms with E-state index in [0.29, 0.717) is 28.5 Å². The Labute approximate surface area is 291 Å². The molecule has 5 aromatic rings. The molecule has 52 heavy (non-hydrogen) atoms. The van der Waals surface area contributed by atoms with Crippen molar-refractivity contribution in [3.8, 4) is 34.1 Å². The van der Waals surface area contributed by atoms with Gasteiger partial charge in [-0.25, -0.2) is 36.3 Å². The van der Waals surface area contributed by atoms with Crippen LogP contribution in [0.4, 0.5) is 35.1 Å². The van der Waals surface area contributed by atoms with Gasteiger partial charge in [0.15, 0.2) is 5.78 Å². The number of methoxy groups -OCH3 is 2. The fourth-order valence-electron chi connectivity index (χ4n) is 6.38. The molecule has 0 amide bonds. The van der Waals surface area contributed by atoms with Crippen LogP contribution in [0.3, 0.4) is 0 Å². The Balaban J connectivity index is 1.48. The molecule has 1 aliphatic rings. The molecule has 4 heterocycles. The van der Waals surface area contributed by atoms with Crippen LogP contribution < -0.4 is 9.47 Å². The Bertz CT molecular complexity index is 2100. The first-order valence-corrected chi connectivity index (χ1v) is 15.8. The highest BCUT2D eigenvalue weighted by atomic mass is 19.3. The van der Waals surface area contributed by atoms with Crippen LogP contribution >= 0.6 is 0 Å². The lowest BCUT2D eigenvalue weighted by atomic mass is 9.86. The number of rotatable bonds is 12. The summed E-state index contributed by atoms with van der Waals surface area (Å²) in [5, 5.41) is 3.40. The summed E-state index contributed by atoms with van der Waals surface area (Å²) in [6.07, 6.45) is -4.21. The van der Waals surface area contributed by atoms with Crippen molar-refractivity contribution in [3.63, 3.8) is 0 Å². The van der Waals surface area contributed by atoms with Crippen LogP contribution in [0, 0.1) is 11.6 Å². The van der Waals surface area contributed by atoms with Gasteiger partial charge in [0.2, 0.25) is 11.8 Å². The molecule has 0 aliphatic heterocycles. The molecule has 0 N–H and O–H groups in total. The fraction of sp³-hybridized carbons (Fsp3) is 0.306. The molecule has 1 aliphatic carbocycles. The fourth-order valence-corrected chi connectivity index (χ4v) is 6.38. The van der Waals surface area contributed by atoms with Gasteiger partial charge in [-0.05, 0) is 47.9 Å². The number of fused-ring (bicyclic) bond motifs is 1. The number of nitrogens with zero attached hydrogens (tertiary/aromatic N) is 5. The summed E-state index contributed by atoms with van der Waals surface area (Å²) >= 11 is 0. The SMILES string of the molecule is COc1cc(-c2ccc(-c3ccnc(OC)c3)c([C@@H](CC(=O)Cn3nc(C(F)F)c4c3C(F)(F)CCC4(F)F)Cc3cc(F)cc(F)c3)n2)ccn1. The van der Waals surface area contributed by atoms with E-state index in [-0.39, 0.29) is 34.1 Å². The highest BCUT2D eigenvalue weighted by Crippen LogP contribution is 2.52. The Morgan fingerprint density at radius 3 is 2.08 bits per heavy atom. The van der Waals surface area contributed by atoms with Gasteiger partial charge in [-0.2, -0.15) is 13.9 Å².